The number of benzene rings is 11. The number of nitro benzene ring substituents is 1. The molecule has 1 aliphatic carbocycles. The van der Waals surface area contributed by atoms with E-state index in [1.54, 1.807) is 189 Å². The largest absolute Gasteiger partial charge is 0.508 e. The second-order valence-electron chi connectivity index (χ2n) is 37.7. The summed E-state index contributed by atoms with van der Waals surface area (Å²) in [6.07, 6.45) is 13.9. The fourth-order valence-corrected chi connectivity index (χ4v) is 18.5. The summed E-state index contributed by atoms with van der Waals surface area (Å²) in [5, 5.41) is 57.7. The lowest BCUT2D eigenvalue weighted by molar-refractivity contribution is -0.385. The van der Waals surface area contributed by atoms with Crippen LogP contribution in [0.1, 0.15) is 177 Å². The number of anilines is 4. The minimum Gasteiger partial charge on any atom is -0.508 e. The highest BCUT2D eigenvalue weighted by Gasteiger charge is 2.38. The number of aliphatic hydroxyl groups is 1. The molecule has 2 atom stereocenters. The molecule has 2 unspecified atom stereocenters. The number of phenolic OH excluding ortho intramolecular Hbond substituents is 2. The van der Waals surface area contributed by atoms with Crippen molar-refractivity contribution in [2.24, 2.45) is 17.8 Å². The van der Waals surface area contributed by atoms with Crippen LogP contribution >= 0.6 is 0 Å². The van der Waals surface area contributed by atoms with Crippen LogP contribution in [0.15, 0.2) is 248 Å². The van der Waals surface area contributed by atoms with E-state index < -0.39 is 47.2 Å². The molecular weight excluding hydrogens is 1900 g/mol. The van der Waals surface area contributed by atoms with E-state index in [1.165, 1.54) is 39.1 Å². The number of alkyl carbamates (subject to hydrolysis) is 1. The summed E-state index contributed by atoms with van der Waals surface area (Å²) in [4.78, 5) is 146. The first kappa shape index (κ1) is 106. The van der Waals surface area contributed by atoms with Gasteiger partial charge in [0.15, 0.2) is 17.7 Å². The Kier molecular flexibility index (Phi) is 32.6. The Hall–Kier alpha value is -18.2. The molecule has 4 aliphatic heterocycles. The summed E-state index contributed by atoms with van der Waals surface area (Å²) in [5.41, 5.74) is 25.2. The van der Waals surface area contributed by atoms with Crippen molar-refractivity contribution in [1.82, 2.24) is 29.7 Å². The summed E-state index contributed by atoms with van der Waals surface area (Å²) < 4.78 is 17.8. The molecule has 5 aliphatic rings. The lowest BCUT2D eigenvalue weighted by Crippen LogP contribution is -2.42. The van der Waals surface area contributed by atoms with Gasteiger partial charge in [0.05, 0.1) is 92.2 Å². The number of hydrogen-bond acceptors (Lipinski definition) is 21. The summed E-state index contributed by atoms with van der Waals surface area (Å²) in [7, 11) is 10.7. The zero-order valence-corrected chi connectivity index (χ0v) is 85.5. The highest BCUT2D eigenvalue weighted by atomic mass is 16.6. The zero-order valence-electron chi connectivity index (χ0n) is 85.5. The number of esters is 1. The van der Waals surface area contributed by atoms with E-state index in [4.69, 9.17) is 30.0 Å². The standard InChI is InChI=1S/C29H34N2O6.C27H28N4O2.C25H23NO4.C20H15N3O2.C18H15N3O4/c1-16(30-28(36)37-29(2,3)4)24(32)13-17-10-11-23-21(12-17)22(27(35)31(23)5)14-18-15-25(33)19-8-6-7-9-20(19)26(18)34;1-18(25-23-15-21(26(28)32)11-14-24(23)31(3)27(25)33)29-22-12-9-20(10-13-22)17-30(2)16-19-7-5-4-6-8-19;1-4-29-25(28)16(2)30-23-14-13-17(18-9-5-6-11-20(18)23)15-21-19-10-7-8-12-22(19)26(3)24(21)27;1-23-18-9-14(19(24)13-5-3-2-4-6-13)7-8-16(18)17(20(23)25)10-15-11-21-12-22-15;1-11-7-8-19-14(11)10-13-17-12(4-3-9-22)15(21(24)25)5-6-16(17)20(2)18(13)23/h10-12,14-16,33-34H,6-9,13H2,1-5H3,(H,30,36);4-15,33H,16-17H2,1-3H3,(H2,28,32);5-16H,4H2,1-3H3;2-12H,1H3,(H,21,22);5-8,10,19,22H,9H2,1-2H3/b22-14-;;21-15-;17-10-;13-10-. The average Bonchev–Trinajstić information content (AvgIpc) is 1.57. The number of Topliss-reactive ketones (excluding diaryl/α,β-unsaturated/α-hetero) is 1. The number of carbonyl (C=O) groups is 9. The number of imidazole rings is 1. The molecular formula is C119H115N13O18. The van der Waals surface area contributed by atoms with Gasteiger partial charge >= 0.3 is 12.1 Å². The molecule has 19 rings (SSSR count). The minimum atomic E-state index is -0.752. The number of phenols is 2. The Morgan fingerprint density at radius 1 is 0.620 bits per heavy atom. The lowest BCUT2D eigenvalue weighted by Gasteiger charge is -2.21. The zero-order chi connectivity index (χ0) is 107. The van der Waals surface area contributed by atoms with Crippen LogP contribution in [0.3, 0.4) is 0 Å². The normalized spacial score (nSPS) is 14.7. The number of likely N-dealkylation sites (N-methyl/N-ethyl adjacent to an activating group) is 4. The van der Waals surface area contributed by atoms with Crippen LogP contribution in [0, 0.1) is 28.9 Å². The molecule has 3 aromatic heterocycles. The molecule has 0 saturated heterocycles. The van der Waals surface area contributed by atoms with Gasteiger partial charge in [0.25, 0.3) is 29.3 Å². The highest BCUT2D eigenvalue weighted by Crippen LogP contribution is 2.47. The molecule has 14 aromatic rings. The second-order valence-corrected chi connectivity index (χ2v) is 37.7. The van der Waals surface area contributed by atoms with E-state index in [-0.39, 0.29) is 70.2 Å². The number of fused-ring (bicyclic) bond motifs is 7. The van der Waals surface area contributed by atoms with Crippen LogP contribution in [0.2, 0.25) is 0 Å². The van der Waals surface area contributed by atoms with Crippen molar-refractivity contribution < 1.29 is 82.7 Å². The number of para-hydroxylation sites is 1. The number of rotatable bonds is 22. The van der Waals surface area contributed by atoms with E-state index in [1.807, 2.05) is 129 Å². The van der Waals surface area contributed by atoms with Gasteiger partial charge in [-0.05, 0) is 224 Å². The van der Waals surface area contributed by atoms with Gasteiger partial charge in [-0.2, -0.15) is 0 Å². The first-order valence-corrected chi connectivity index (χ1v) is 48.7. The van der Waals surface area contributed by atoms with Crippen LogP contribution in [0.25, 0.3) is 68.3 Å². The fourth-order valence-electron chi connectivity index (χ4n) is 18.5. The highest BCUT2D eigenvalue weighted by molar-refractivity contribution is 6.39. The number of ether oxygens (including phenoxy) is 3. The SMILES string of the molecule is CC(=Nc1ccc(CN(C)Cc2ccccc2)cc1)c1c(O)n(C)c2ccc(C(N)=O)cc12.CC(NC(=O)OC(C)(C)C)C(=O)Cc1ccc2c(c1)/C(=C/c1cc(O)c3c(c1O)CCCC3)C(=O)N2C.CCOC(=O)C(C)Oc1ccc(/C=C2\C(=O)N(C)c3ccccc32)c2ccccc12.CN1C(=O)/C(=C\c2cnc[nH]2)c2ccc(C(=O)c3ccccc3)cc21.Cc1cc[nH]c1/C=C1\C(=O)N(C)c2ccc([N+](=O)[O-])c(C#CCO)c21. The second kappa shape index (κ2) is 46.1. The molecule has 9 N–H and O–H groups in total. The summed E-state index contributed by atoms with van der Waals surface area (Å²) in [6.45, 7) is 15.6. The van der Waals surface area contributed by atoms with Crippen molar-refractivity contribution in [3.05, 3.63) is 359 Å². The number of nitrogens with two attached hydrogens (primary N) is 1. The molecule has 11 aromatic carbocycles. The van der Waals surface area contributed by atoms with Gasteiger partial charge in [-0.1, -0.05) is 151 Å². The number of aromatic amines is 2. The quantitative estimate of drug-likeness (QED) is 0.00456. The number of aromatic nitrogens is 4. The molecule has 0 fully saturated rings. The number of aliphatic hydroxyl groups excluding tert-OH is 1. The number of ketones is 2. The number of carbonyl (C=O) groups excluding carboxylic acids is 9. The van der Waals surface area contributed by atoms with Gasteiger partial charge in [0.1, 0.15) is 35.0 Å². The summed E-state index contributed by atoms with van der Waals surface area (Å²) >= 11 is 0. The molecule has 0 spiro atoms. The average molecular weight is 2020 g/mol. The minimum absolute atomic E-state index is 0.0310. The number of nitrogens with one attached hydrogen (secondary N) is 3. The van der Waals surface area contributed by atoms with Gasteiger partial charge in [0.2, 0.25) is 11.8 Å². The number of nitro groups is 1. The molecule has 7 heterocycles. The number of primary amides is 1. The summed E-state index contributed by atoms with van der Waals surface area (Å²) in [5.74, 6) is 4.20. The maximum absolute atomic E-state index is 13.1. The molecule has 764 valence electrons. The molecule has 6 amide bonds. The van der Waals surface area contributed by atoms with Crippen molar-refractivity contribution >= 4 is 161 Å². The van der Waals surface area contributed by atoms with Crippen molar-refractivity contribution in [3.63, 3.8) is 0 Å². The lowest BCUT2D eigenvalue weighted by atomic mass is 9.88. The Morgan fingerprint density at radius 2 is 1.21 bits per heavy atom. The van der Waals surface area contributed by atoms with Crippen molar-refractivity contribution in [2.45, 2.75) is 118 Å². The van der Waals surface area contributed by atoms with Crippen LogP contribution in [-0.4, -0.2) is 175 Å². The number of aliphatic imine (C=N–C) groups is 1. The predicted molar refractivity (Wildman–Crippen MR) is 583 cm³/mol. The topological polar surface area (TPSA) is 421 Å². The van der Waals surface area contributed by atoms with Crippen LogP contribution in [0.4, 0.5) is 38.9 Å². The van der Waals surface area contributed by atoms with Gasteiger partial charge in [-0.3, -0.25) is 53.6 Å². The summed E-state index contributed by atoms with van der Waals surface area (Å²) in [6, 6.07) is 68.3. The molecule has 31 nitrogen and oxygen atoms in total. The van der Waals surface area contributed by atoms with E-state index >= 15 is 0 Å². The maximum Gasteiger partial charge on any atom is 0.408 e. The van der Waals surface area contributed by atoms with Gasteiger partial charge in [-0.15, -0.1) is 0 Å². The van der Waals surface area contributed by atoms with E-state index in [0.717, 1.165) is 109 Å². The van der Waals surface area contributed by atoms with Crippen LogP contribution < -0.4 is 35.4 Å². The Balaban J connectivity index is 0.000000141. The van der Waals surface area contributed by atoms with Crippen molar-refractivity contribution in [1.29, 1.82) is 0 Å². The van der Waals surface area contributed by atoms with Crippen molar-refractivity contribution in [3.8, 4) is 35.0 Å². The number of aryl methyl sites for hydroxylation is 2. The number of hydrogen-bond donors (Lipinski definition) is 8. The number of H-pyrrole nitrogens is 2. The molecule has 0 radical (unpaired) electrons. The third kappa shape index (κ3) is 23.5. The number of nitrogens with zero attached hydrogens (tertiary/aromatic N) is 9. The van der Waals surface area contributed by atoms with E-state index in [2.05, 4.69) is 80.5 Å². The van der Waals surface area contributed by atoms with E-state index in [9.17, 15) is 68.6 Å². The monoisotopic (exact) mass is 2010 g/mol. The van der Waals surface area contributed by atoms with Crippen molar-refractivity contribution in [2.75, 3.05) is 68.1 Å². The van der Waals surface area contributed by atoms with Crippen LogP contribution in [-0.2, 0) is 77.6 Å². The first-order valence-electron chi connectivity index (χ1n) is 48.7. The number of amides is 6. The Labute approximate surface area is 867 Å². The fraction of sp³-hybridized carbons (Fsp3) is 0.218. The van der Waals surface area contributed by atoms with Gasteiger partial charge in [-0.25, -0.2) is 14.6 Å². The Bertz CT molecular complexity index is 7890. The smallest absolute Gasteiger partial charge is 0.408 e. The molecule has 150 heavy (non-hydrogen) atoms. The molecule has 0 saturated carbocycles. The van der Waals surface area contributed by atoms with Gasteiger partial charge in [0, 0.05) is 150 Å². The Morgan fingerprint density at radius 3 is 1.87 bits per heavy atom. The maximum atomic E-state index is 13.1. The third-order valence-corrected chi connectivity index (χ3v) is 26.2. The third-order valence-electron chi connectivity index (χ3n) is 26.2. The van der Waals surface area contributed by atoms with E-state index in [0.29, 0.717) is 109 Å². The predicted octanol–water partition coefficient (Wildman–Crippen LogP) is 19.2. The molecule has 0 bridgehead atoms. The van der Waals surface area contributed by atoms with Crippen LogP contribution in [0.5, 0.6) is 23.1 Å². The van der Waals surface area contributed by atoms with Gasteiger partial charge < -0.3 is 79.8 Å². The first-order chi connectivity index (χ1) is 71.8. The molecule has 31 heteroatoms. The number of aromatic hydroxyl groups is 3.